The second-order valence-corrected chi connectivity index (χ2v) is 4.06. The zero-order chi connectivity index (χ0) is 12.4. The fourth-order valence-corrected chi connectivity index (χ4v) is 1.85. The van der Waals surface area contributed by atoms with Crippen LogP contribution in [0, 0.1) is 6.92 Å². The number of halogens is 1. The van der Waals surface area contributed by atoms with Crippen LogP contribution < -0.4 is 0 Å². The Morgan fingerprint density at radius 2 is 2.00 bits per heavy atom. The normalized spacial score (nSPS) is 10.2. The fourth-order valence-electron chi connectivity index (χ4n) is 1.70. The summed E-state index contributed by atoms with van der Waals surface area (Å²) in [6.07, 6.45) is 1.49. The summed E-state index contributed by atoms with van der Waals surface area (Å²) in [7, 11) is 0. The van der Waals surface area contributed by atoms with E-state index in [1.807, 2.05) is 31.2 Å². The Kier molecular flexibility index (Phi) is 3.11. The minimum absolute atomic E-state index is 0.166. The van der Waals surface area contributed by atoms with Gasteiger partial charge in [-0.2, -0.15) is 0 Å². The van der Waals surface area contributed by atoms with Gasteiger partial charge in [0, 0.05) is 11.8 Å². The lowest BCUT2D eigenvalue weighted by molar-refractivity contribution is 0.0697. The third-order valence-electron chi connectivity index (χ3n) is 2.54. The molecule has 0 amide bonds. The van der Waals surface area contributed by atoms with Crippen molar-refractivity contribution in [1.29, 1.82) is 0 Å². The van der Waals surface area contributed by atoms with Crippen molar-refractivity contribution in [2.75, 3.05) is 0 Å². The first-order valence-electron chi connectivity index (χ1n) is 5.04. The molecular weight excluding hydrogens is 238 g/mol. The highest BCUT2D eigenvalue weighted by atomic mass is 35.5. The maximum Gasteiger partial charge on any atom is 0.336 e. The van der Waals surface area contributed by atoms with Crippen molar-refractivity contribution in [3.63, 3.8) is 0 Å². The predicted molar refractivity (Wildman–Crippen MR) is 66.4 cm³/mol. The summed E-state index contributed by atoms with van der Waals surface area (Å²) in [5, 5.41) is 9.34. The van der Waals surface area contributed by atoms with Crippen LogP contribution in [0.2, 0.25) is 5.15 Å². The van der Waals surface area contributed by atoms with Crippen LogP contribution in [-0.4, -0.2) is 16.1 Å². The Bertz CT molecular complexity index is 581. The number of rotatable bonds is 2. The standard InChI is InChI=1S/C13H10ClNO2/c1-8-4-2-3-5-9(8)11-7-15-12(14)6-10(11)13(16)17/h2-7H,1H3,(H,16,17). The highest BCUT2D eigenvalue weighted by molar-refractivity contribution is 6.29. The second kappa shape index (κ2) is 4.55. The number of carboxylic acid groups (broad SMARTS) is 1. The third-order valence-corrected chi connectivity index (χ3v) is 2.74. The highest BCUT2D eigenvalue weighted by Crippen LogP contribution is 2.27. The molecule has 17 heavy (non-hydrogen) atoms. The molecular formula is C13H10ClNO2. The molecule has 0 fully saturated rings. The van der Waals surface area contributed by atoms with Crippen LogP contribution in [0.5, 0.6) is 0 Å². The van der Waals surface area contributed by atoms with Gasteiger partial charge in [-0.25, -0.2) is 9.78 Å². The van der Waals surface area contributed by atoms with Crippen molar-refractivity contribution in [3.8, 4) is 11.1 Å². The van der Waals surface area contributed by atoms with Crippen LogP contribution in [0.3, 0.4) is 0 Å². The fraction of sp³-hybridized carbons (Fsp3) is 0.0769. The molecule has 1 heterocycles. The van der Waals surface area contributed by atoms with Crippen molar-refractivity contribution < 1.29 is 9.90 Å². The number of aryl methyl sites for hydroxylation is 1. The first kappa shape index (κ1) is 11.6. The van der Waals surface area contributed by atoms with Gasteiger partial charge in [-0.15, -0.1) is 0 Å². The molecule has 0 aliphatic heterocycles. The molecule has 0 spiro atoms. The van der Waals surface area contributed by atoms with Crippen LogP contribution in [0.15, 0.2) is 36.5 Å². The van der Waals surface area contributed by atoms with Crippen LogP contribution in [0.1, 0.15) is 15.9 Å². The van der Waals surface area contributed by atoms with Gasteiger partial charge in [0.05, 0.1) is 5.56 Å². The summed E-state index contributed by atoms with van der Waals surface area (Å²) >= 11 is 5.71. The number of carboxylic acids is 1. The largest absolute Gasteiger partial charge is 0.478 e. The number of hydrogen-bond donors (Lipinski definition) is 1. The van der Waals surface area contributed by atoms with Crippen molar-refractivity contribution in [2.24, 2.45) is 0 Å². The zero-order valence-electron chi connectivity index (χ0n) is 9.14. The Morgan fingerprint density at radius 1 is 1.29 bits per heavy atom. The molecule has 2 aromatic rings. The van der Waals surface area contributed by atoms with E-state index in [2.05, 4.69) is 4.98 Å². The quantitative estimate of drug-likeness (QED) is 0.828. The van der Waals surface area contributed by atoms with E-state index in [1.165, 1.54) is 12.3 Å². The third kappa shape index (κ3) is 2.29. The average Bonchev–Trinajstić information content (AvgIpc) is 2.30. The Hall–Kier alpha value is -1.87. The number of aromatic carboxylic acids is 1. The second-order valence-electron chi connectivity index (χ2n) is 3.67. The monoisotopic (exact) mass is 247 g/mol. The van der Waals surface area contributed by atoms with E-state index < -0.39 is 5.97 Å². The number of pyridine rings is 1. The summed E-state index contributed by atoms with van der Waals surface area (Å²) in [6, 6.07) is 8.93. The molecule has 3 nitrogen and oxygen atoms in total. The molecule has 1 aromatic heterocycles. The van der Waals surface area contributed by atoms with Gasteiger partial charge in [-0.1, -0.05) is 35.9 Å². The van der Waals surface area contributed by atoms with E-state index in [0.717, 1.165) is 11.1 Å². The topological polar surface area (TPSA) is 50.2 Å². The van der Waals surface area contributed by atoms with Gasteiger partial charge in [-0.3, -0.25) is 0 Å². The number of nitrogens with zero attached hydrogens (tertiary/aromatic N) is 1. The SMILES string of the molecule is Cc1ccccc1-c1cnc(Cl)cc1C(=O)O. The molecule has 0 aliphatic rings. The van der Waals surface area contributed by atoms with E-state index in [-0.39, 0.29) is 10.7 Å². The van der Waals surface area contributed by atoms with Gasteiger partial charge in [0.2, 0.25) is 0 Å². The Balaban J connectivity index is 2.68. The highest BCUT2D eigenvalue weighted by Gasteiger charge is 2.14. The molecule has 0 saturated carbocycles. The minimum Gasteiger partial charge on any atom is -0.478 e. The molecule has 4 heteroatoms. The molecule has 0 unspecified atom stereocenters. The summed E-state index contributed by atoms with van der Waals surface area (Å²) in [5.74, 6) is -1.01. The molecule has 1 aromatic carbocycles. The zero-order valence-corrected chi connectivity index (χ0v) is 9.90. The van der Waals surface area contributed by atoms with Crippen LogP contribution in [0.4, 0.5) is 0 Å². The lowest BCUT2D eigenvalue weighted by atomic mass is 9.98. The van der Waals surface area contributed by atoms with E-state index >= 15 is 0 Å². The van der Waals surface area contributed by atoms with Gasteiger partial charge in [0.15, 0.2) is 0 Å². The number of aromatic nitrogens is 1. The first-order valence-corrected chi connectivity index (χ1v) is 5.42. The molecule has 0 bridgehead atoms. The number of carbonyl (C=O) groups is 1. The van der Waals surface area contributed by atoms with E-state index in [4.69, 9.17) is 16.7 Å². The first-order chi connectivity index (χ1) is 8.09. The van der Waals surface area contributed by atoms with E-state index in [1.54, 1.807) is 0 Å². The van der Waals surface area contributed by atoms with Crippen LogP contribution in [0.25, 0.3) is 11.1 Å². The molecule has 0 saturated heterocycles. The molecule has 0 radical (unpaired) electrons. The summed E-state index contributed by atoms with van der Waals surface area (Å²) in [5.41, 5.74) is 2.60. The smallest absolute Gasteiger partial charge is 0.336 e. The van der Waals surface area contributed by atoms with Gasteiger partial charge in [0.1, 0.15) is 5.15 Å². The maximum absolute atomic E-state index is 11.2. The van der Waals surface area contributed by atoms with Gasteiger partial charge >= 0.3 is 5.97 Å². The van der Waals surface area contributed by atoms with Crippen molar-refractivity contribution in [3.05, 3.63) is 52.8 Å². The van der Waals surface area contributed by atoms with Gasteiger partial charge < -0.3 is 5.11 Å². The molecule has 0 atom stereocenters. The van der Waals surface area contributed by atoms with E-state index in [9.17, 15) is 4.79 Å². The van der Waals surface area contributed by atoms with Crippen molar-refractivity contribution in [1.82, 2.24) is 4.98 Å². The van der Waals surface area contributed by atoms with Gasteiger partial charge in [-0.05, 0) is 24.1 Å². The average molecular weight is 248 g/mol. The minimum atomic E-state index is -1.01. The summed E-state index contributed by atoms with van der Waals surface area (Å²) in [6.45, 7) is 1.93. The Labute approximate surface area is 104 Å². The maximum atomic E-state index is 11.2. The number of benzene rings is 1. The predicted octanol–water partition coefficient (Wildman–Crippen LogP) is 3.41. The van der Waals surface area contributed by atoms with Crippen molar-refractivity contribution >= 4 is 17.6 Å². The summed E-state index contributed by atoms with van der Waals surface area (Å²) < 4.78 is 0. The number of hydrogen-bond acceptors (Lipinski definition) is 2. The molecule has 2 rings (SSSR count). The lowest BCUT2D eigenvalue weighted by Crippen LogP contribution is -2.01. The molecule has 86 valence electrons. The Morgan fingerprint density at radius 3 is 2.65 bits per heavy atom. The van der Waals surface area contributed by atoms with E-state index in [0.29, 0.717) is 5.56 Å². The van der Waals surface area contributed by atoms with Crippen molar-refractivity contribution in [2.45, 2.75) is 6.92 Å². The molecule has 0 aliphatic carbocycles. The lowest BCUT2D eigenvalue weighted by Gasteiger charge is -2.08. The van der Waals surface area contributed by atoms with Gasteiger partial charge in [0.25, 0.3) is 0 Å². The van der Waals surface area contributed by atoms with Crippen LogP contribution >= 0.6 is 11.6 Å². The summed E-state index contributed by atoms with van der Waals surface area (Å²) in [4.78, 5) is 15.1. The van der Waals surface area contributed by atoms with Crippen LogP contribution in [-0.2, 0) is 0 Å². The molecule has 1 N–H and O–H groups in total.